The van der Waals surface area contributed by atoms with Gasteiger partial charge in [-0.2, -0.15) is 0 Å². The molecule has 3 fully saturated rings. The van der Waals surface area contributed by atoms with Gasteiger partial charge < -0.3 is 0 Å². The molecule has 0 aliphatic heterocycles. The highest BCUT2D eigenvalue weighted by molar-refractivity contribution is 5.82. The van der Waals surface area contributed by atoms with Crippen molar-refractivity contribution in [1.29, 1.82) is 0 Å². The Morgan fingerprint density at radius 1 is 1.21 bits per heavy atom. The number of ketones is 1. The lowest BCUT2D eigenvalue weighted by molar-refractivity contribution is -0.129. The molecule has 6 atom stereocenters. The molecule has 0 aromatic rings. The molecule has 0 bridgehead atoms. The molecule has 4 rings (SSSR count). The van der Waals surface area contributed by atoms with Crippen LogP contribution in [0.3, 0.4) is 0 Å². The Labute approximate surface area is 147 Å². The summed E-state index contributed by atoms with van der Waals surface area (Å²) in [7, 11) is 0. The average molecular weight is 325 g/mol. The highest BCUT2D eigenvalue weighted by Crippen LogP contribution is 2.66. The van der Waals surface area contributed by atoms with Crippen molar-refractivity contribution in [3.05, 3.63) is 36.0 Å². The van der Waals surface area contributed by atoms with Crippen LogP contribution in [0.15, 0.2) is 36.0 Å². The van der Waals surface area contributed by atoms with E-state index in [1.165, 1.54) is 32.1 Å². The Kier molecular flexibility index (Phi) is 3.71. The van der Waals surface area contributed by atoms with E-state index in [9.17, 15) is 4.79 Å². The Bertz CT molecular complexity index is 638. The number of rotatable bonds is 2. The molecule has 4 aliphatic rings. The van der Waals surface area contributed by atoms with E-state index in [1.807, 2.05) is 6.92 Å². The van der Waals surface area contributed by atoms with Gasteiger partial charge in [0, 0.05) is 17.8 Å². The number of carbonyl (C=O) groups is 1. The van der Waals surface area contributed by atoms with Crippen LogP contribution >= 0.6 is 0 Å². The molecular weight excluding hydrogens is 292 g/mol. The molecule has 1 heteroatoms. The van der Waals surface area contributed by atoms with E-state index in [2.05, 4.69) is 38.7 Å². The third-order valence-corrected chi connectivity index (χ3v) is 8.39. The summed E-state index contributed by atoms with van der Waals surface area (Å²) in [5.74, 6) is 3.18. The van der Waals surface area contributed by atoms with Gasteiger partial charge in [-0.3, -0.25) is 4.79 Å². The van der Waals surface area contributed by atoms with Crippen molar-refractivity contribution < 1.29 is 4.79 Å². The van der Waals surface area contributed by atoms with Gasteiger partial charge in [0.1, 0.15) is 5.78 Å². The standard InChI is InChI=1S/C23H32O/c1-5-21(24)20-9-8-18-17-7-6-16-14-15(2)10-12-22(16,3)19(17)11-13-23(18,20)4/h10,12,14,17-20H,2,5-9,11,13H2,1,3-4H3. The molecule has 24 heavy (non-hydrogen) atoms. The van der Waals surface area contributed by atoms with Crippen LogP contribution in [0.5, 0.6) is 0 Å². The molecule has 4 aliphatic carbocycles. The summed E-state index contributed by atoms with van der Waals surface area (Å²) in [6, 6.07) is 0. The maximum atomic E-state index is 12.5. The SMILES string of the molecule is C=C1C=CC2(C)C(=C1)CCC1C2CCC2(C)C(C(=O)CC)CCC12. The Balaban J connectivity index is 1.66. The maximum absolute atomic E-state index is 12.5. The normalized spacial score (nSPS) is 46.8. The summed E-state index contributed by atoms with van der Waals surface area (Å²) in [5, 5.41) is 0. The van der Waals surface area contributed by atoms with Gasteiger partial charge in [0.25, 0.3) is 0 Å². The fraction of sp³-hybridized carbons (Fsp3) is 0.696. The highest BCUT2D eigenvalue weighted by atomic mass is 16.1. The monoisotopic (exact) mass is 324 g/mol. The summed E-state index contributed by atoms with van der Waals surface area (Å²) in [6.45, 7) is 11.1. The maximum Gasteiger partial charge on any atom is 0.136 e. The van der Waals surface area contributed by atoms with Crippen molar-refractivity contribution in [3.63, 3.8) is 0 Å². The van der Waals surface area contributed by atoms with Crippen LogP contribution in [0.4, 0.5) is 0 Å². The van der Waals surface area contributed by atoms with Gasteiger partial charge in [-0.05, 0) is 67.3 Å². The number of carbonyl (C=O) groups excluding carboxylic acids is 1. The number of Topliss-reactive ketones (excluding diaryl/α,β-unsaturated/α-hetero) is 1. The minimum atomic E-state index is 0.234. The summed E-state index contributed by atoms with van der Waals surface area (Å²) in [5.41, 5.74) is 3.28. The zero-order valence-corrected chi connectivity index (χ0v) is 15.6. The topological polar surface area (TPSA) is 17.1 Å². The van der Waals surface area contributed by atoms with Gasteiger partial charge in [-0.1, -0.05) is 51.2 Å². The zero-order valence-electron chi connectivity index (χ0n) is 15.6. The Morgan fingerprint density at radius 2 is 2.00 bits per heavy atom. The van der Waals surface area contributed by atoms with Crippen molar-refractivity contribution in [2.45, 2.75) is 65.7 Å². The van der Waals surface area contributed by atoms with Crippen molar-refractivity contribution in [2.75, 3.05) is 0 Å². The molecule has 6 unspecified atom stereocenters. The van der Waals surface area contributed by atoms with Gasteiger partial charge in [-0.25, -0.2) is 0 Å². The quantitative estimate of drug-likeness (QED) is 0.620. The second-order valence-electron chi connectivity index (χ2n) is 9.27. The molecule has 0 saturated heterocycles. The number of hydrogen-bond donors (Lipinski definition) is 0. The predicted molar refractivity (Wildman–Crippen MR) is 99.5 cm³/mol. The first-order valence-electron chi connectivity index (χ1n) is 10.0. The van der Waals surface area contributed by atoms with Gasteiger partial charge in [0.2, 0.25) is 0 Å². The average Bonchev–Trinajstić information content (AvgIpc) is 2.92. The summed E-state index contributed by atoms with van der Waals surface area (Å²) >= 11 is 0. The molecule has 0 aromatic carbocycles. The first kappa shape index (κ1) is 16.4. The fourth-order valence-electron chi connectivity index (χ4n) is 7.05. The van der Waals surface area contributed by atoms with Gasteiger partial charge >= 0.3 is 0 Å². The molecule has 0 amide bonds. The Morgan fingerprint density at radius 3 is 2.75 bits per heavy atom. The smallest absolute Gasteiger partial charge is 0.136 e. The van der Waals surface area contributed by atoms with Crippen LogP contribution in [0.2, 0.25) is 0 Å². The third-order valence-electron chi connectivity index (χ3n) is 8.39. The van der Waals surface area contributed by atoms with Crippen molar-refractivity contribution in [1.82, 2.24) is 0 Å². The van der Waals surface area contributed by atoms with E-state index in [0.717, 1.165) is 36.2 Å². The number of fused-ring (bicyclic) bond motifs is 5. The summed E-state index contributed by atoms with van der Waals surface area (Å²) in [4.78, 5) is 12.5. The number of allylic oxidation sites excluding steroid dienone is 5. The largest absolute Gasteiger partial charge is 0.299 e. The lowest BCUT2D eigenvalue weighted by Crippen LogP contribution is -2.50. The molecule has 0 spiro atoms. The minimum Gasteiger partial charge on any atom is -0.299 e. The van der Waals surface area contributed by atoms with Crippen molar-refractivity contribution >= 4 is 5.78 Å². The predicted octanol–water partition coefficient (Wildman–Crippen LogP) is 5.88. The Hall–Kier alpha value is -1.11. The second kappa shape index (κ2) is 5.44. The number of hydrogen-bond acceptors (Lipinski definition) is 1. The second-order valence-corrected chi connectivity index (χ2v) is 9.27. The highest BCUT2D eigenvalue weighted by Gasteiger charge is 2.59. The summed E-state index contributed by atoms with van der Waals surface area (Å²) in [6.07, 6.45) is 15.2. The van der Waals surface area contributed by atoms with Crippen LogP contribution in [0, 0.1) is 34.5 Å². The molecule has 0 heterocycles. The lowest BCUT2D eigenvalue weighted by Gasteiger charge is -2.57. The van der Waals surface area contributed by atoms with Crippen LogP contribution < -0.4 is 0 Å². The van der Waals surface area contributed by atoms with Crippen molar-refractivity contribution in [2.24, 2.45) is 34.5 Å². The van der Waals surface area contributed by atoms with E-state index in [0.29, 0.717) is 11.7 Å². The van der Waals surface area contributed by atoms with Gasteiger partial charge in [0.05, 0.1) is 0 Å². The molecule has 0 radical (unpaired) electrons. The van der Waals surface area contributed by atoms with E-state index in [-0.39, 0.29) is 10.8 Å². The first-order chi connectivity index (χ1) is 11.4. The molecule has 3 saturated carbocycles. The first-order valence-corrected chi connectivity index (χ1v) is 10.0. The van der Waals surface area contributed by atoms with Crippen LogP contribution in [0.1, 0.15) is 65.7 Å². The molecule has 0 aromatic heterocycles. The van der Waals surface area contributed by atoms with Crippen LogP contribution in [0.25, 0.3) is 0 Å². The third kappa shape index (κ3) is 2.09. The van der Waals surface area contributed by atoms with E-state index in [4.69, 9.17) is 0 Å². The van der Waals surface area contributed by atoms with E-state index >= 15 is 0 Å². The molecule has 0 N–H and O–H groups in total. The fourth-order valence-corrected chi connectivity index (χ4v) is 7.05. The van der Waals surface area contributed by atoms with E-state index < -0.39 is 0 Å². The van der Waals surface area contributed by atoms with Gasteiger partial charge in [0.15, 0.2) is 0 Å². The van der Waals surface area contributed by atoms with Crippen LogP contribution in [-0.2, 0) is 4.79 Å². The molecular formula is C23H32O. The lowest BCUT2D eigenvalue weighted by atomic mass is 9.47. The van der Waals surface area contributed by atoms with Crippen LogP contribution in [-0.4, -0.2) is 5.78 Å². The minimum absolute atomic E-state index is 0.234. The van der Waals surface area contributed by atoms with Crippen molar-refractivity contribution in [3.8, 4) is 0 Å². The molecule has 1 nitrogen and oxygen atoms in total. The van der Waals surface area contributed by atoms with E-state index in [1.54, 1.807) is 5.57 Å². The zero-order chi connectivity index (χ0) is 17.1. The van der Waals surface area contributed by atoms with Gasteiger partial charge in [-0.15, -0.1) is 0 Å². The molecule has 130 valence electrons. The summed E-state index contributed by atoms with van der Waals surface area (Å²) < 4.78 is 0.